The fourth-order valence-electron chi connectivity index (χ4n) is 3.89. The van der Waals surface area contributed by atoms with E-state index in [1.807, 2.05) is 32.9 Å². The van der Waals surface area contributed by atoms with E-state index in [4.69, 9.17) is 9.72 Å². The maximum absolute atomic E-state index is 13.5. The number of hydrogen-bond acceptors (Lipinski definition) is 7. The van der Waals surface area contributed by atoms with Crippen molar-refractivity contribution in [3.63, 3.8) is 0 Å². The number of phenols is 1. The molecular formula is C26H24N4O5. The van der Waals surface area contributed by atoms with Crippen molar-refractivity contribution >= 4 is 22.8 Å². The van der Waals surface area contributed by atoms with Gasteiger partial charge in [0.05, 0.1) is 29.2 Å². The number of para-hydroxylation sites is 2. The van der Waals surface area contributed by atoms with E-state index in [0.717, 1.165) is 21.6 Å². The summed E-state index contributed by atoms with van der Waals surface area (Å²) < 4.78 is 6.70. The minimum absolute atomic E-state index is 0.0968. The highest BCUT2D eigenvalue weighted by Crippen LogP contribution is 2.34. The molecule has 0 aliphatic heterocycles. The van der Waals surface area contributed by atoms with Gasteiger partial charge in [-0.1, -0.05) is 32.0 Å². The van der Waals surface area contributed by atoms with Gasteiger partial charge in [-0.15, -0.1) is 0 Å². The molecule has 9 heteroatoms. The monoisotopic (exact) mass is 472 g/mol. The SMILES string of the molecule is COc1cc(C)c(-c2nc3ccccc3c(=O)n2N=Cc2cccc([N+](=O)[O-])c2O)cc1C(C)C. The van der Waals surface area contributed by atoms with Gasteiger partial charge in [-0.05, 0) is 54.3 Å². The van der Waals surface area contributed by atoms with Crippen molar-refractivity contribution in [2.24, 2.45) is 5.10 Å². The molecule has 1 aromatic heterocycles. The van der Waals surface area contributed by atoms with Crippen LogP contribution in [0.4, 0.5) is 5.69 Å². The van der Waals surface area contributed by atoms with Crippen LogP contribution >= 0.6 is 0 Å². The van der Waals surface area contributed by atoms with Gasteiger partial charge in [0.1, 0.15) is 5.75 Å². The summed E-state index contributed by atoms with van der Waals surface area (Å²) in [6.45, 7) is 5.98. The molecule has 0 bridgehead atoms. The zero-order chi connectivity index (χ0) is 25.3. The average molecular weight is 473 g/mol. The summed E-state index contributed by atoms with van der Waals surface area (Å²) in [6, 6.07) is 14.9. The lowest BCUT2D eigenvalue weighted by atomic mass is 9.96. The van der Waals surface area contributed by atoms with E-state index in [1.165, 1.54) is 24.4 Å². The number of hydrogen-bond donors (Lipinski definition) is 1. The first-order valence-electron chi connectivity index (χ1n) is 10.9. The number of rotatable bonds is 6. The van der Waals surface area contributed by atoms with Crippen molar-refractivity contribution < 1.29 is 14.8 Å². The van der Waals surface area contributed by atoms with Gasteiger partial charge in [0.15, 0.2) is 5.82 Å². The van der Waals surface area contributed by atoms with Crippen LogP contribution in [0.5, 0.6) is 11.5 Å². The smallest absolute Gasteiger partial charge is 0.311 e. The van der Waals surface area contributed by atoms with Crippen molar-refractivity contribution in [2.75, 3.05) is 7.11 Å². The summed E-state index contributed by atoms with van der Waals surface area (Å²) in [4.78, 5) is 28.7. The van der Waals surface area contributed by atoms with Gasteiger partial charge in [0, 0.05) is 17.2 Å². The van der Waals surface area contributed by atoms with Crippen LogP contribution in [0, 0.1) is 17.0 Å². The maximum atomic E-state index is 13.5. The zero-order valence-corrected chi connectivity index (χ0v) is 19.7. The van der Waals surface area contributed by atoms with Crippen LogP contribution in [0.15, 0.2) is 64.5 Å². The number of benzene rings is 3. The molecule has 0 amide bonds. The van der Waals surface area contributed by atoms with Crippen molar-refractivity contribution in [1.82, 2.24) is 9.66 Å². The second kappa shape index (κ2) is 9.38. The van der Waals surface area contributed by atoms with Crippen molar-refractivity contribution in [3.05, 3.63) is 91.8 Å². The highest BCUT2D eigenvalue weighted by Gasteiger charge is 2.19. The Bertz CT molecular complexity index is 1540. The Labute approximate surface area is 201 Å². The standard InChI is InChI=1S/C26H24N4O5/c1-15(2)19-13-20(16(3)12-23(19)35-4)25-28-21-10-6-5-9-18(21)26(32)29(25)27-14-17-8-7-11-22(24(17)31)30(33)34/h5-15,31H,1-4H3. The van der Waals surface area contributed by atoms with Crippen LogP contribution < -0.4 is 10.3 Å². The van der Waals surface area contributed by atoms with Crippen LogP contribution in [0.2, 0.25) is 0 Å². The molecule has 0 unspecified atom stereocenters. The lowest BCUT2D eigenvalue weighted by Crippen LogP contribution is -2.20. The largest absolute Gasteiger partial charge is 0.502 e. The number of fused-ring (bicyclic) bond motifs is 1. The molecule has 0 spiro atoms. The van der Waals surface area contributed by atoms with Gasteiger partial charge < -0.3 is 9.84 Å². The minimum Gasteiger partial charge on any atom is -0.502 e. The molecule has 0 radical (unpaired) electrons. The molecular weight excluding hydrogens is 448 g/mol. The molecule has 0 fully saturated rings. The minimum atomic E-state index is -0.685. The van der Waals surface area contributed by atoms with Gasteiger partial charge in [-0.3, -0.25) is 14.9 Å². The predicted octanol–water partition coefficient (Wildman–Crippen LogP) is 5.00. The van der Waals surface area contributed by atoms with Gasteiger partial charge >= 0.3 is 5.69 Å². The summed E-state index contributed by atoms with van der Waals surface area (Å²) in [5, 5.41) is 26.2. The lowest BCUT2D eigenvalue weighted by molar-refractivity contribution is -0.385. The third-order valence-electron chi connectivity index (χ3n) is 5.75. The zero-order valence-electron chi connectivity index (χ0n) is 19.7. The molecule has 0 saturated heterocycles. The molecule has 3 aromatic carbocycles. The molecule has 9 nitrogen and oxygen atoms in total. The Kier molecular flexibility index (Phi) is 6.33. The molecule has 4 aromatic rings. The number of nitro groups is 1. The van der Waals surface area contributed by atoms with Crippen LogP contribution in [0.1, 0.15) is 36.5 Å². The molecule has 0 aliphatic carbocycles. The second-order valence-corrected chi connectivity index (χ2v) is 8.35. The van der Waals surface area contributed by atoms with E-state index in [2.05, 4.69) is 5.10 Å². The molecule has 0 aliphatic rings. The Morgan fingerprint density at radius 1 is 1.17 bits per heavy atom. The number of nitro benzene ring substituents is 1. The first-order chi connectivity index (χ1) is 16.7. The van der Waals surface area contributed by atoms with Gasteiger partial charge in [0.2, 0.25) is 5.75 Å². The normalized spacial score (nSPS) is 11.5. The van der Waals surface area contributed by atoms with Crippen molar-refractivity contribution in [2.45, 2.75) is 26.7 Å². The van der Waals surface area contributed by atoms with E-state index in [0.29, 0.717) is 22.3 Å². The van der Waals surface area contributed by atoms with Crippen LogP contribution in [-0.4, -0.2) is 33.0 Å². The fourth-order valence-corrected chi connectivity index (χ4v) is 3.89. The number of nitrogens with zero attached hydrogens (tertiary/aromatic N) is 4. The van der Waals surface area contributed by atoms with E-state index >= 15 is 0 Å². The van der Waals surface area contributed by atoms with Crippen LogP contribution in [0.3, 0.4) is 0 Å². The lowest BCUT2D eigenvalue weighted by Gasteiger charge is -2.17. The van der Waals surface area contributed by atoms with Gasteiger partial charge in [-0.2, -0.15) is 9.78 Å². The first kappa shape index (κ1) is 23.6. The fraction of sp³-hybridized carbons (Fsp3) is 0.192. The second-order valence-electron chi connectivity index (χ2n) is 8.35. The average Bonchev–Trinajstić information content (AvgIpc) is 2.83. The van der Waals surface area contributed by atoms with E-state index in [9.17, 15) is 20.0 Å². The maximum Gasteiger partial charge on any atom is 0.311 e. The molecule has 35 heavy (non-hydrogen) atoms. The molecule has 0 atom stereocenters. The Hall–Kier alpha value is -4.53. The number of methoxy groups -OCH3 is 1. The topological polar surface area (TPSA) is 120 Å². The molecule has 4 rings (SSSR count). The van der Waals surface area contributed by atoms with E-state index < -0.39 is 21.9 Å². The number of phenolic OH excluding ortho intramolecular Hbond substituents is 1. The van der Waals surface area contributed by atoms with Crippen molar-refractivity contribution in [1.29, 1.82) is 0 Å². The number of ether oxygens (including phenoxy) is 1. The molecule has 0 saturated carbocycles. The summed E-state index contributed by atoms with van der Waals surface area (Å²) in [5.74, 6) is 0.653. The summed E-state index contributed by atoms with van der Waals surface area (Å²) in [7, 11) is 1.61. The van der Waals surface area contributed by atoms with Crippen molar-refractivity contribution in [3.8, 4) is 22.9 Å². The Morgan fingerprint density at radius 3 is 2.60 bits per heavy atom. The Morgan fingerprint density at radius 2 is 1.91 bits per heavy atom. The van der Waals surface area contributed by atoms with E-state index in [1.54, 1.807) is 31.4 Å². The van der Waals surface area contributed by atoms with Gasteiger partial charge in [0.25, 0.3) is 5.56 Å². The van der Waals surface area contributed by atoms with E-state index in [-0.39, 0.29) is 11.5 Å². The summed E-state index contributed by atoms with van der Waals surface area (Å²) >= 11 is 0. The highest BCUT2D eigenvalue weighted by molar-refractivity contribution is 5.86. The Balaban J connectivity index is 1.99. The highest BCUT2D eigenvalue weighted by atomic mass is 16.6. The first-order valence-corrected chi connectivity index (χ1v) is 10.9. The quantitative estimate of drug-likeness (QED) is 0.240. The molecule has 178 valence electrons. The third-order valence-corrected chi connectivity index (χ3v) is 5.75. The summed E-state index contributed by atoms with van der Waals surface area (Å²) in [5.41, 5.74) is 2.22. The predicted molar refractivity (Wildman–Crippen MR) is 135 cm³/mol. The molecule has 1 heterocycles. The third kappa shape index (κ3) is 4.35. The number of aromatic hydroxyl groups is 1. The van der Waals surface area contributed by atoms with Crippen LogP contribution in [0.25, 0.3) is 22.3 Å². The molecule has 1 N–H and O–H groups in total. The van der Waals surface area contributed by atoms with Crippen LogP contribution in [-0.2, 0) is 0 Å². The number of aromatic nitrogens is 2. The summed E-state index contributed by atoms with van der Waals surface area (Å²) in [6.07, 6.45) is 1.21. The van der Waals surface area contributed by atoms with Gasteiger partial charge in [-0.25, -0.2) is 4.98 Å². The number of aryl methyl sites for hydroxylation is 1.